The highest BCUT2D eigenvalue weighted by Crippen LogP contribution is 2.38. The smallest absolute Gasteiger partial charge is 0.223 e. The first-order chi connectivity index (χ1) is 13.8. The fourth-order valence-electron chi connectivity index (χ4n) is 3.19. The lowest BCUT2D eigenvalue weighted by Crippen LogP contribution is -2.62. The van der Waals surface area contributed by atoms with Crippen molar-refractivity contribution in [3.8, 4) is 0 Å². The summed E-state index contributed by atoms with van der Waals surface area (Å²) in [7, 11) is 0. The van der Waals surface area contributed by atoms with E-state index in [4.69, 9.17) is 23.7 Å². The summed E-state index contributed by atoms with van der Waals surface area (Å²) in [6.07, 6.45) is -7.67. The molecule has 29 heavy (non-hydrogen) atoms. The Bertz CT molecular complexity index is 532. The number of ether oxygens (including phenoxy) is 5. The van der Waals surface area contributed by atoms with Crippen LogP contribution in [0.5, 0.6) is 0 Å². The maximum atomic E-state index is 10.6. The fraction of sp³-hybridized carbons (Fsp3) is 0.778. The first kappa shape index (κ1) is 24.3. The summed E-state index contributed by atoms with van der Waals surface area (Å²) < 4.78 is 26.6. The van der Waals surface area contributed by atoms with Gasteiger partial charge in [-0.2, -0.15) is 0 Å². The van der Waals surface area contributed by atoms with Gasteiger partial charge >= 0.3 is 0 Å². The van der Waals surface area contributed by atoms with Gasteiger partial charge in [-0.15, -0.1) is 13.2 Å². The second-order valence-corrected chi connectivity index (χ2v) is 6.87. The Balaban J connectivity index is 2.11. The molecule has 2 aliphatic heterocycles. The monoisotopic (exact) mass is 422 g/mol. The van der Waals surface area contributed by atoms with Gasteiger partial charge in [-0.05, 0) is 0 Å². The van der Waals surface area contributed by atoms with Crippen molar-refractivity contribution < 1.29 is 54.3 Å². The Morgan fingerprint density at radius 2 is 1.52 bits per heavy atom. The third kappa shape index (κ3) is 5.40. The van der Waals surface area contributed by atoms with E-state index in [1.807, 2.05) is 0 Å². The highest BCUT2D eigenvalue weighted by molar-refractivity contribution is 4.96. The first-order valence-electron chi connectivity index (χ1n) is 9.20. The van der Waals surface area contributed by atoms with Gasteiger partial charge in [0.1, 0.15) is 37.1 Å². The van der Waals surface area contributed by atoms with Gasteiger partial charge in [0, 0.05) is 0 Å². The molecule has 11 heteroatoms. The zero-order chi connectivity index (χ0) is 21.6. The molecule has 0 saturated carbocycles. The quantitative estimate of drug-likeness (QED) is 0.151. The standard InChI is InChI=1S/C18H30O11/c1-3-5-25-7-10-15(23)18(9-19,28-16(10)24)29-17-14(22)13(21)12(20)11(27-17)8-26-6-4-2/h3-4,10-17,19-24H,1-2,5-9H2/t10-,11+,12+,13-,14+,15+,16-,17-,18-/m0/s1. The molecule has 6 N–H and O–H groups in total. The van der Waals surface area contributed by atoms with Gasteiger partial charge in [-0.3, -0.25) is 0 Å². The number of hydrogen-bond acceptors (Lipinski definition) is 11. The lowest BCUT2D eigenvalue weighted by atomic mass is 9.97. The van der Waals surface area contributed by atoms with E-state index in [-0.39, 0.29) is 26.4 Å². The zero-order valence-corrected chi connectivity index (χ0v) is 15.9. The molecule has 2 heterocycles. The summed E-state index contributed by atoms with van der Waals surface area (Å²) in [6, 6.07) is 0. The molecule has 0 aromatic carbocycles. The van der Waals surface area contributed by atoms with Crippen LogP contribution >= 0.6 is 0 Å². The molecule has 168 valence electrons. The average molecular weight is 422 g/mol. The summed E-state index contributed by atoms with van der Waals surface area (Å²) in [5.41, 5.74) is 0. The summed E-state index contributed by atoms with van der Waals surface area (Å²) in [6.45, 7) is 6.15. The highest BCUT2D eigenvalue weighted by Gasteiger charge is 2.58. The van der Waals surface area contributed by atoms with E-state index in [0.717, 1.165) is 0 Å². The minimum absolute atomic E-state index is 0.118. The zero-order valence-electron chi connectivity index (χ0n) is 15.9. The molecule has 0 aliphatic carbocycles. The minimum atomic E-state index is -2.15. The van der Waals surface area contributed by atoms with Crippen LogP contribution in [0.2, 0.25) is 0 Å². The van der Waals surface area contributed by atoms with E-state index >= 15 is 0 Å². The Labute approximate surface area is 168 Å². The second-order valence-electron chi connectivity index (χ2n) is 6.87. The van der Waals surface area contributed by atoms with Gasteiger partial charge in [-0.25, -0.2) is 0 Å². The third-order valence-corrected chi connectivity index (χ3v) is 4.81. The number of aliphatic hydroxyl groups is 6. The Morgan fingerprint density at radius 1 is 0.897 bits per heavy atom. The van der Waals surface area contributed by atoms with Crippen LogP contribution in [-0.2, 0) is 23.7 Å². The third-order valence-electron chi connectivity index (χ3n) is 4.81. The molecule has 2 saturated heterocycles. The van der Waals surface area contributed by atoms with E-state index in [0.29, 0.717) is 0 Å². The van der Waals surface area contributed by atoms with E-state index in [2.05, 4.69) is 13.2 Å². The number of aliphatic hydroxyl groups excluding tert-OH is 6. The van der Waals surface area contributed by atoms with E-state index in [1.54, 1.807) is 0 Å². The van der Waals surface area contributed by atoms with Crippen LogP contribution in [0.15, 0.2) is 25.3 Å². The normalized spacial score (nSPS) is 42.7. The van der Waals surface area contributed by atoms with Gasteiger partial charge < -0.3 is 54.3 Å². The maximum absolute atomic E-state index is 10.6. The minimum Gasteiger partial charge on any atom is -0.391 e. The maximum Gasteiger partial charge on any atom is 0.223 e. The van der Waals surface area contributed by atoms with Gasteiger partial charge in [0.05, 0.1) is 32.3 Å². The van der Waals surface area contributed by atoms with Crippen LogP contribution in [0.3, 0.4) is 0 Å². The van der Waals surface area contributed by atoms with Crippen molar-refractivity contribution in [2.24, 2.45) is 5.92 Å². The molecule has 0 aromatic rings. The summed E-state index contributed by atoms with van der Waals surface area (Å²) >= 11 is 0. The molecule has 2 aliphatic rings. The largest absolute Gasteiger partial charge is 0.391 e. The molecule has 0 spiro atoms. The predicted octanol–water partition coefficient (Wildman–Crippen LogP) is -2.77. The molecule has 2 fully saturated rings. The molecule has 2 rings (SSSR count). The van der Waals surface area contributed by atoms with E-state index < -0.39 is 61.4 Å². The van der Waals surface area contributed by atoms with Crippen molar-refractivity contribution in [1.82, 2.24) is 0 Å². The summed E-state index contributed by atoms with van der Waals surface area (Å²) in [5, 5.41) is 60.9. The average Bonchev–Trinajstić information content (AvgIpc) is 2.94. The lowest BCUT2D eigenvalue weighted by molar-refractivity contribution is -0.390. The van der Waals surface area contributed by atoms with Gasteiger partial charge in [0.15, 0.2) is 12.6 Å². The van der Waals surface area contributed by atoms with Crippen LogP contribution in [0.1, 0.15) is 0 Å². The highest BCUT2D eigenvalue weighted by atomic mass is 16.8. The van der Waals surface area contributed by atoms with Crippen molar-refractivity contribution in [3.63, 3.8) is 0 Å². The Kier molecular flexibility index (Phi) is 9.13. The lowest BCUT2D eigenvalue weighted by Gasteiger charge is -2.43. The van der Waals surface area contributed by atoms with Crippen LogP contribution in [-0.4, -0.2) is 113 Å². The molecule has 0 radical (unpaired) electrons. The first-order valence-corrected chi connectivity index (χ1v) is 9.20. The van der Waals surface area contributed by atoms with E-state index in [1.165, 1.54) is 12.2 Å². The predicted molar refractivity (Wildman–Crippen MR) is 96.2 cm³/mol. The number of rotatable bonds is 11. The van der Waals surface area contributed by atoms with Crippen LogP contribution < -0.4 is 0 Å². The van der Waals surface area contributed by atoms with Crippen molar-refractivity contribution >= 4 is 0 Å². The molecule has 9 atom stereocenters. The Morgan fingerprint density at radius 3 is 2.10 bits per heavy atom. The van der Waals surface area contributed by atoms with E-state index in [9.17, 15) is 30.6 Å². The number of hydrogen-bond donors (Lipinski definition) is 6. The molecule has 11 nitrogen and oxygen atoms in total. The van der Waals surface area contributed by atoms with Gasteiger partial charge in [0.2, 0.25) is 5.79 Å². The second kappa shape index (κ2) is 10.9. The molecule has 0 bridgehead atoms. The van der Waals surface area contributed by atoms with Crippen molar-refractivity contribution in [2.45, 2.75) is 48.9 Å². The molecule has 0 aromatic heterocycles. The van der Waals surface area contributed by atoms with Crippen molar-refractivity contribution in [3.05, 3.63) is 25.3 Å². The van der Waals surface area contributed by atoms with Crippen molar-refractivity contribution in [1.29, 1.82) is 0 Å². The Hall–Kier alpha value is -0.960. The van der Waals surface area contributed by atoms with Gasteiger partial charge in [0.25, 0.3) is 0 Å². The summed E-state index contributed by atoms with van der Waals surface area (Å²) in [5.74, 6) is -3.12. The SMILES string of the molecule is C=CCOC[C@H]1[C@@H](O)[C@](CO)(O[C@@H]2O[C@H](COCC=C)[C@@H](O)[C@H](O)[C@H]2O)O[C@@H]1O. The van der Waals surface area contributed by atoms with Gasteiger partial charge in [-0.1, -0.05) is 12.2 Å². The fourth-order valence-corrected chi connectivity index (χ4v) is 3.19. The summed E-state index contributed by atoms with van der Waals surface area (Å²) in [4.78, 5) is 0. The van der Waals surface area contributed by atoms with Crippen LogP contribution in [0.4, 0.5) is 0 Å². The topological polar surface area (TPSA) is 168 Å². The molecule has 0 amide bonds. The van der Waals surface area contributed by atoms with Crippen molar-refractivity contribution in [2.75, 3.05) is 33.0 Å². The van der Waals surface area contributed by atoms with Crippen LogP contribution in [0, 0.1) is 5.92 Å². The molecule has 0 unspecified atom stereocenters. The van der Waals surface area contributed by atoms with Crippen LogP contribution in [0.25, 0.3) is 0 Å². The molecular weight excluding hydrogens is 392 g/mol. The molecular formula is C18H30O11.